The van der Waals surface area contributed by atoms with Crippen molar-refractivity contribution in [3.8, 4) is 11.3 Å². The average molecular weight is 227 g/mol. The Balaban J connectivity index is 2.31. The number of anilines is 1. The van der Waals surface area contributed by atoms with Crippen LogP contribution in [0.25, 0.3) is 16.9 Å². The predicted octanol–water partition coefficient (Wildman–Crippen LogP) is 1.63. The molecule has 3 aromatic rings. The first-order chi connectivity index (χ1) is 8.16. The van der Waals surface area contributed by atoms with Gasteiger partial charge >= 0.3 is 0 Å². The summed E-state index contributed by atoms with van der Waals surface area (Å²) in [6.45, 7) is 2.02. The number of nitrogen functional groups attached to an aromatic ring is 1. The second-order valence-electron chi connectivity index (χ2n) is 4.13. The summed E-state index contributed by atoms with van der Waals surface area (Å²) < 4.78 is 3.64. The van der Waals surface area contributed by atoms with Crippen LogP contribution in [0.3, 0.4) is 0 Å². The Bertz CT molecular complexity index is 692. The summed E-state index contributed by atoms with van der Waals surface area (Å²) in [4.78, 5) is 4.58. The molecule has 0 spiro atoms. The van der Waals surface area contributed by atoms with Crippen molar-refractivity contribution in [3.63, 3.8) is 0 Å². The fourth-order valence-corrected chi connectivity index (χ4v) is 1.98. The molecule has 0 aliphatic carbocycles. The molecule has 0 bridgehead atoms. The third kappa shape index (κ3) is 1.39. The van der Waals surface area contributed by atoms with Gasteiger partial charge in [0.15, 0.2) is 0 Å². The molecule has 2 N–H and O–H groups in total. The molecule has 3 heterocycles. The van der Waals surface area contributed by atoms with E-state index in [-0.39, 0.29) is 0 Å². The number of rotatable bonds is 1. The second kappa shape index (κ2) is 3.35. The minimum absolute atomic E-state index is 0.650. The fraction of sp³-hybridized carbons (Fsp3) is 0.167. The number of aromatic nitrogens is 4. The van der Waals surface area contributed by atoms with E-state index in [2.05, 4.69) is 10.1 Å². The van der Waals surface area contributed by atoms with Gasteiger partial charge in [-0.3, -0.25) is 9.08 Å². The first-order valence-corrected chi connectivity index (χ1v) is 5.39. The summed E-state index contributed by atoms with van der Waals surface area (Å²) >= 11 is 0. The first kappa shape index (κ1) is 9.89. The molecule has 0 radical (unpaired) electrons. The van der Waals surface area contributed by atoms with Gasteiger partial charge in [-0.15, -0.1) is 0 Å². The van der Waals surface area contributed by atoms with E-state index in [9.17, 15) is 0 Å². The topological polar surface area (TPSA) is 61.1 Å². The maximum atomic E-state index is 6.11. The molecule has 3 rings (SSSR count). The maximum Gasteiger partial charge on any atom is 0.142 e. The zero-order valence-corrected chi connectivity index (χ0v) is 9.75. The number of imidazole rings is 1. The lowest BCUT2D eigenvalue weighted by Gasteiger charge is -1.97. The summed E-state index contributed by atoms with van der Waals surface area (Å²) in [5, 5.41) is 4.14. The van der Waals surface area contributed by atoms with E-state index in [1.54, 1.807) is 10.9 Å². The normalized spacial score (nSPS) is 11.2. The van der Waals surface area contributed by atoms with E-state index in [0.717, 1.165) is 22.5 Å². The van der Waals surface area contributed by atoms with Gasteiger partial charge in [0.05, 0.1) is 6.20 Å². The Labute approximate surface area is 98.5 Å². The molecule has 86 valence electrons. The number of hydrogen-bond acceptors (Lipinski definition) is 3. The van der Waals surface area contributed by atoms with E-state index in [0.29, 0.717) is 5.82 Å². The summed E-state index contributed by atoms with van der Waals surface area (Å²) in [6, 6.07) is 3.99. The van der Waals surface area contributed by atoms with Gasteiger partial charge in [-0.2, -0.15) is 5.10 Å². The quantitative estimate of drug-likeness (QED) is 0.687. The van der Waals surface area contributed by atoms with Gasteiger partial charge < -0.3 is 5.73 Å². The number of aryl methyl sites for hydroxylation is 2. The van der Waals surface area contributed by atoms with E-state index in [1.807, 2.05) is 42.9 Å². The second-order valence-corrected chi connectivity index (χ2v) is 4.13. The minimum atomic E-state index is 0.650. The Hall–Kier alpha value is -2.30. The van der Waals surface area contributed by atoms with Crippen molar-refractivity contribution in [1.82, 2.24) is 19.2 Å². The van der Waals surface area contributed by atoms with Gasteiger partial charge in [-0.25, -0.2) is 4.98 Å². The molecule has 0 saturated heterocycles. The van der Waals surface area contributed by atoms with E-state index in [4.69, 9.17) is 5.73 Å². The summed E-state index contributed by atoms with van der Waals surface area (Å²) in [7, 11) is 1.88. The lowest BCUT2D eigenvalue weighted by atomic mass is 10.2. The monoisotopic (exact) mass is 227 g/mol. The lowest BCUT2D eigenvalue weighted by Crippen LogP contribution is -1.94. The minimum Gasteiger partial charge on any atom is -0.383 e. The fourth-order valence-electron chi connectivity index (χ4n) is 1.98. The van der Waals surface area contributed by atoms with Gasteiger partial charge in [-0.1, -0.05) is 6.07 Å². The SMILES string of the molecule is Cc1cccn2c(N)c(-c3cnn(C)c3)nc12. The number of hydrogen-bond donors (Lipinski definition) is 1. The van der Waals surface area contributed by atoms with Gasteiger partial charge in [0.25, 0.3) is 0 Å². The van der Waals surface area contributed by atoms with Crippen LogP contribution in [-0.4, -0.2) is 19.2 Å². The Morgan fingerprint density at radius 1 is 1.35 bits per heavy atom. The van der Waals surface area contributed by atoms with Gasteiger partial charge in [0.2, 0.25) is 0 Å². The predicted molar refractivity (Wildman–Crippen MR) is 66.5 cm³/mol. The molecule has 5 nitrogen and oxygen atoms in total. The highest BCUT2D eigenvalue weighted by Crippen LogP contribution is 2.26. The van der Waals surface area contributed by atoms with Crippen LogP contribution in [0.2, 0.25) is 0 Å². The van der Waals surface area contributed by atoms with Crippen LogP contribution in [-0.2, 0) is 7.05 Å². The average Bonchev–Trinajstić information content (AvgIpc) is 2.85. The van der Waals surface area contributed by atoms with Crippen molar-refractivity contribution in [2.75, 3.05) is 5.73 Å². The van der Waals surface area contributed by atoms with Crippen LogP contribution in [0.15, 0.2) is 30.7 Å². The van der Waals surface area contributed by atoms with Crippen molar-refractivity contribution >= 4 is 11.5 Å². The molecule has 0 saturated carbocycles. The smallest absolute Gasteiger partial charge is 0.142 e. The molecule has 0 amide bonds. The Morgan fingerprint density at radius 2 is 2.18 bits per heavy atom. The molecule has 0 aliphatic heterocycles. The number of nitrogens with zero attached hydrogens (tertiary/aromatic N) is 4. The highest BCUT2D eigenvalue weighted by molar-refractivity contribution is 5.75. The molecule has 0 fully saturated rings. The Morgan fingerprint density at radius 3 is 2.82 bits per heavy atom. The van der Waals surface area contributed by atoms with Crippen molar-refractivity contribution < 1.29 is 0 Å². The van der Waals surface area contributed by atoms with Crippen LogP contribution < -0.4 is 5.73 Å². The number of nitrogens with two attached hydrogens (primary N) is 1. The molecular formula is C12H13N5. The van der Waals surface area contributed by atoms with E-state index >= 15 is 0 Å². The van der Waals surface area contributed by atoms with Crippen LogP contribution in [0.1, 0.15) is 5.56 Å². The molecule has 17 heavy (non-hydrogen) atoms. The van der Waals surface area contributed by atoms with Crippen LogP contribution in [0.5, 0.6) is 0 Å². The Kier molecular flexibility index (Phi) is 1.95. The van der Waals surface area contributed by atoms with Gasteiger partial charge in [0.1, 0.15) is 17.2 Å². The van der Waals surface area contributed by atoms with E-state index < -0.39 is 0 Å². The summed E-state index contributed by atoms with van der Waals surface area (Å²) in [5.74, 6) is 0.650. The molecule has 3 aromatic heterocycles. The number of pyridine rings is 1. The highest BCUT2D eigenvalue weighted by Gasteiger charge is 2.13. The van der Waals surface area contributed by atoms with Gasteiger partial charge in [-0.05, 0) is 18.6 Å². The van der Waals surface area contributed by atoms with Crippen LogP contribution >= 0.6 is 0 Å². The third-order valence-electron chi connectivity index (χ3n) is 2.86. The van der Waals surface area contributed by atoms with E-state index in [1.165, 1.54) is 0 Å². The summed E-state index contributed by atoms with van der Waals surface area (Å²) in [6.07, 6.45) is 5.60. The zero-order valence-electron chi connectivity index (χ0n) is 9.75. The van der Waals surface area contributed by atoms with Crippen LogP contribution in [0, 0.1) is 6.92 Å². The molecule has 0 aliphatic rings. The molecule has 0 unspecified atom stereocenters. The molecule has 0 atom stereocenters. The summed E-state index contributed by atoms with van der Waals surface area (Å²) in [5.41, 5.74) is 9.83. The number of fused-ring (bicyclic) bond motifs is 1. The molecular weight excluding hydrogens is 214 g/mol. The van der Waals surface area contributed by atoms with Crippen molar-refractivity contribution in [1.29, 1.82) is 0 Å². The highest BCUT2D eigenvalue weighted by atomic mass is 15.2. The zero-order chi connectivity index (χ0) is 12.0. The largest absolute Gasteiger partial charge is 0.383 e. The molecule has 5 heteroatoms. The standard InChI is InChI=1S/C12H13N5/c1-8-4-3-5-17-11(13)10(15-12(8)17)9-6-14-16(2)7-9/h3-7H,13H2,1-2H3. The first-order valence-electron chi connectivity index (χ1n) is 5.39. The van der Waals surface area contributed by atoms with Crippen molar-refractivity contribution in [2.45, 2.75) is 6.92 Å². The molecule has 0 aromatic carbocycles. The van der Waals surface area contributed by atoms with Crippen LogP contribution in [0.4, 0.5) is 5.82 Å². The van der Waals surface area contributed by atoms with Crippen molar-refractivity contribution in [3.05, 3.63) is 36.3 Å². The van der Waals surface area contributed by atoms with Crippen molar-refractivity contribution in [2.24, 2.45) is 7.05 Å². The van der Waals surface area contributed by atoms with Gasteiger partial charge in [0, 0.05) is 25.0 Å². The lowest BCUT2D eigenvalue weighted by molar-refractivity contribution is 0.768. The maximum absolute atomic E-state index is 6.11. The third-order valence-corrected chi connectivity index (χ3v) is 2.86.